The largest absolute Gasteiger partial charge is 1.00 e. The Morgan fingerprint density at radius 3 is 1.91 bits per heavy atom. The number of benzene rings is 1. The van der Waals surface area contributed by atoms with Gasteiger partial charge in [0, 0.05) is 0 Å². The van der Waals surface area contributed by atoms with Gasteiger partial charge in [0.2, 0.25) is 0 Å². The number of hydrogen-bond donors (Lipinski definition) is 2. The first-order valence-corrected chi connectivity index (χ1v) is 2.98. The van der Waals surface area contributed by atoms with Crippen molar-refractivity contribution in [2.45, 2.75) is 0 Å². The van der Waals surface area contributed by atoms with Crippen LogP contribution in [0.2, 0.25) is 0 Å². The summed E-state index contributed by atoms with van der Waals surface area (Å²) in [4.78, 5) is 0. The fourth-order valence-corrected chi connectivity index (χ4v) is 0.690. The summed E-state index contributed by atoms with van der Waals surface area (Å²) >= 11 is 0. The van der Waals surface area contributed by atoms with E-state index in [1.165, 1.54) is 0 Å². The molecule has 0 unspecified atom stereocenters. The van der Waals surface area contributed by atoms with Crippen molar-refractivity contribution >= 4 is 12.6 Å². The van der Waals surface area contributed by atoms with Crippen LogP contribution >= 0.6 is 0 Å². The van der Waals surface area contributed by atoms with Gasteiger partial charge in [-0.2, -0.15) is 24.6 Å². The van der Waals surface area contributed by atoms with Crippen molar-refractivity contribution < 1.29 is 68.2 Å². The quantitative estimate of drug-likeness (QED) is 0.382. The van der Waals surface area contributed by atoms with E-state index in [0.717, 1.165) is 5.56 Å². The van der Waals surface area contributed by atoms with Crippen molar-refractivity contribution in [1.29, 1.82) is 0 Å². The Morgan fingerprint density at radius 2 is 1.55 bits per heavy atom. The van der Waals surface area contributed by atoms with Gasteiger partial charge in [0.05, 0.1) is 0 Å². The molecule has 0 heterocycles. The second-order valence-corrected chi connectivity index (χ2v) is 2.12. The Bertz CT molecular complexity index is 210. The minimum atomic E-state index is -1.37. The van der Waals surface area contributed by atoms with E-state index in [0.29, 0.717) is 5.46 Å². The van der Waals surface area contributed by atoms with Crippen molar-refractivity contribution in [1.82, 2.24) is 0 Å². The van der Waals surface area contributed by atoms with Gasteiger partial charge in [0.1, 0.15) is 0 Å². The van der Waals surface area contributed by atoms with Crippen LogP contribution in [0.25, 0.3) is 0 Å². The molecular formula is C7H8BO2Rb. The molecule has 1 rings (SSSR count). The van der Waals surface area contributed by atoms with Crippen LogP contribution in [0.1, 0.15) is 5.56 Å². The molecule has 1 aromatic carbocycles. The summed E-state index contributed by atoms with van der Waals surface area (Å²) in [5.41, 5.74) is 1.36. The zero-order valence-corrected chi connectivity index (χ0v) is 11.4. The maximum atomic E-state index is 8.65. The van der Waals surface area contributed by atoms with Crippen LogP contribution in [0.5, 0.6) is 0 Å². The third-order valence-electron chi connectivity index (χ3n) is 1.28. The monoisotopic (exact) mass is 220 g/mol. The number of rotatable bonds is 1. The molecule has 0 spiro atoms. The molecule has 0 aliphatic carbocycles. The third kappa shape index (κ3) is 3.87. The Balaban J connectivity index is 0.000001000. The molecular weight excluding hydrogens is 212 g/mol. The van der Waals surface area contributed by atoms with Crippen LogP contribution in [0.15, 0.2) is 24.3 Å². The van der Waals surface area contributed by atoms with Crippen LogP contribution < -0.4 is 63.7 Å². The SMILES string of the molecule is [CH2-]c1ccc(B(O)O)cc1.[Rb+]. The summed E-state index contributed by atoms with van der Waals surface area (Å²) in [6.45, 7) is 3.66. The zero-order chi connectivity index (χ0) is 7.56. The fourth-order valence-electron chi connectivity index (χ4n) is 0.690. The summed E-state index contributed by atoms with van der Waals surface area (Å²) < 4.78 is 0. The van der Waals surface area contributed by atoms with E-state index in [2.05, 4.69) is 6.92 Å². The predicted octanol–water partition coefficient (Wildman–Crippen LogP) is -3.45. The van der Waals surface area contributed by atoms with Crippen LogP contribution in [-0.2, 0) is 0 Å². The summed E-state index contributed by atoms with van der Waals surface area (Å²) in [6, 6.07) is 6.73. The third-order valence-corrected chi connectivity index (χ3v) is 1.28. The molecule has 52 valence electrons. The molecule has 1 aromatic rings. The van der Waals surface area contributed by atoms with Gasteiger partial charge in [0.15, 0.2) is 0 Å². The van der Waals surface area contributed by atoms with Gasteiger partial charge >= 0.3 is 65.3 Å². The smallest absolute Gasteiger partial charge is 0.423 e. The summed E-state index contributed by atoms with van der Waals surface area (Å²) in [6.07, 6.45) is 0. The molecule has 0 amide bonds. The molecule has 0 fully saturated rings. The fraction of sp³-hybridized carbons (Fsp3) is 0. The van der Waals surface area contributed by atoms with Gasteiger partial charge in [-0.05, 0) is 5.46 Å². The van der Waals surface area contributed by atoms with Gasteiger partial charge in [-0.1, -0.05) is 0 Å². The van der Waals surface area contributed by atoms with Gasteiger partial charge in [-0.15, -0.1) is 12.1 Å². The van der Waals surface area contributed by atoms with E-state index in [1.54, 1.807) is 24.3 Å². The number of hydrogen-bond acceptors (Lipinski definition) is 2. The minimum absolute atomic E-state index is 0. The van der Waals surface area contributed by atoms with Crippen LogP contribution in [0.3, 0.4) is 0 Å². The van der Waals surface area contributed by atoms with Crippen molar-refractivity contribution in [3.8, 4) is 0 Å². The molecule has 0 atom stereocenters. The molecule has 2 N–H and O–H groups in total. The first-order valence-electron chi connectivity index (χ1n) is 2.98. The van der Waals surface area contributed by atoms with Gasteiger partial charge in [0.25, 0.3) is 0 Å². The molecule has 11 heavy (non-hydrogen) atoms. The maximum Gasteiger partial charge on any atom is 1.00 e. The molecule has 0 bridgehead atoms. The summed E-state index contributed by atoms with van der Waals surface area (Å²) in [5, 5.41) is 17.3. The van der Waals surface area contributed by atoms with Gasteiger partial charge in [-0.25, -0.2) is 0 Å². The van der Waals surface area contributed by atoms with E-state index in [1.807, 2.05) is 0 Å². The Labute approximate surface area is 116 Å². The van der Waals surface area contributed by atoms with Crippen LogP contribution in [0.4, 0.5) is 0 Å². The van der Waals surface area contributed by atoms with E-state index in [9.17, 15) is 0 Å². The molecule has 0 saturated heterocycles. The Hall–Kier alpha value is 0.880. The van der Waals surface area contributed by atoms with Gasteiger partial charge in [-0.3, -0.25) is 0 Å². The van der Waals surface area contributed by atoms with E-state index < -0.39 is 7.12 Å². The van der Waals surface area contributed by atoms with E-state index in [4.69, 9.17) is 10.0 Å². The van der Waals surface area contributed by atoms with Crippen LogP contribution in [0, 0.1) is 6.92 Å². The van der Waals surface area contributed by atoms with Gasteiger partial charge < -0.3 is 10.0 Å². The Morgan fingerprint density at radius 1 is 1.09 bits per heavy atom. The normalized spacial score (nSPS) is 8.55. The van der Waals surface area contributed by atoms with E-state index in [-0.39, 0.29) is 58.2 Å². The van der Waals surface area contributed by atoms with Crippen molar-refractivity contribution in [2.75, 3.05) is 0 Å². The standard InChI is InChI=1S/C7H8BO2.Rb/c1-6-2-4-7(5-3-6)8(9)10;/h2-5,9-10H,1H2;/q-1;+1. The first-order chi connectivity index (χ1) is 4.70. The molecule has 2 nitrogen and oxygen atoms in total. The average Bonchev–Trinajstić information content (AvgIpc) is 1.88. The first kappa shape index (κ1) is 11.9. The van der Waals surface area contributed by atoms with Crippen molar-refractivity contribution in [3.05, 3.63) is 36.8 Å². The topological polar surface area (TPSA) is 40.5 Å². The van der Waals surface area contributed by atoms with Crippen LogP contribution in [-0.4, -0.2) is 17.2 Å². The van der Waals surface area contributed by atoms with Crippen molar-refractivity contribution in [3.63, 3.8) is 0 Å². The molecule has 4 heteroatoms. The maximum absolute atomic E-state index is 8.65. The van der Waals surface area contributed by atoms with E-state index >= 15 is 0 Å². The second-order valence-electron chi connectivity index (χ2n) is 2.12. The minimum Gasteiger partial charge on any atom is -0.423 e. The Kier molecular flexibility index (Phi) is 5.95. The molecule has 0 saturated carbocycles. The summed E-state index contributed by atoms with van der Waals surface area (Å²) in [5.74, 6) is 0. The zero-order valence-electron chi connectivity index (χ0n) is 6.49. The van der Waals surface area contributed by atoms with Crippen molar-refractivity contribution in [2.24, 2.45) is 0 Å². The molecule has 0 radical (unpaired) electrons. The average molecular weight is 220 g/mol. The molecule has 0 aromatic heterocycles. The predicted molar refractivity (Wildman–Crippen MR) is 40.7 cm³/mol. The second kappa shape index (κ2) is 5.51. The summed E-state index contributed by atoms with van der Waals surface area (Å²) in [7, 11) is -1.37. The molecule has 0 aliphatic heterocycles. The molecule has 0 aliphatic rings.